The molecule has 1 aromatic carbocycles. The van der Waals surface area contributed by atoms with Crippen molar-refractivity contribution in [2.75, 3.05) is 20.6 Å². The van der Waals surface area contributed by atoms with E-state index in [1.54, 1.807) is 37.1 Å². The SMILES string of the molecule is CN(C)C(=O)CNC(=O)c1ccn(-c2ccc3ccc(-c4cccc(F)c4)cn23)n1. The molecule has 2 amide bonds. The minimum Gasteiger partial charge on any atom is -0.347 e. The van der Waals surface area contributed by atoms with E-state index in [9.17, 15) is 14.0 Å². The monoisotopic (exact) mass is 405 g/mol. The molecule has 0 spiro atoms. The molecule has 7 nitrogen and oxygen atoms in total. The molecule has 3 heterocycles. The van der Waals surface area contributed by atoms with Crippen LogP contribution in [0, 0.1) is 5.82 Å². The molecular formula is C22H20FN5O2. The second-order valence-corrected chi connectivity index (χ2v) is 7.03. The van der Waals surface area contributed by atoms with Crippen molar-refractivity contribution in [3.63, 3.8) is 0 Å². The van der Waals surface area contributed by atoms with E-state index in [-0.39, 0.29) is 24.0 Å². The molecular weight excluding hydrogens is 385 g/mol. The van der Waals surface area contributed by atoms with Crippen LogP contribution in [0.2, 0.25) is 0 Å². The van der Waals surface area contributed by atoms with E-state index < -0.39 is 5.91 Å². The van der Waals surface area contributed by atoms with Gasteiger partial charge in [0.05, 0.1) is 6.54 Å². The van der Waals surface area contributed by atoms with E-state index in [2.05, 4.69) is 10.4 Å². The summed E-state index contributed by atoms with van der Waals surface area (Å²) in [6.45, 7) is -0.0935. The maximum absolute atomic E-state index is 13.6. The van der Waals surface area contributed by atoms with Gasteiger partial charge in [0.15, 0.2) is 5.69 Å². The van der Waals surface area contributed by atoms with Crippen LogP contribution < -0.4 is 5.32 Å². The lowest BCUT2D eigenvalue weighted by Gasteiger charge is -2.10. The van der Waals surface area contributed by atoms with Crippen LogP contribution in [0.3, 0.4) is 0 Å². The number of carbonyl (C=O) groups is 2. The van der Waals surface area contributed by atoms with Gasteiger partial charge in [-0.25, -0.2) is 9.07 Å². The van der Waals surface area contributed by atoms with Crippen LogP contribution in [0.1, 0.15) is 10.5 Å². The van der Waals surface area contributed by atoms with Gasteiger partial charge in [0.1, 0.15) is 11.6 Å². The summed E-state index contributed by atoms with van der Waals surface area (Å²) in [5.74, 6) is -0.196. The average molecular weight is 405 g/mol. The van der Waals surface area contributed by atoms with Gasteiger partial charge in [-0.15, -0.1) is 0 Å². The Labute approximate surface area is 172 Å². The zero-order valence-corrected chi connectivity index (χ0v) is 16.5. The van der Waals surface area contributed by atoms with Gasteiger partial charge in [0.2, 0.25) is 5.91 Å². The van der Waals surface area contributed by atoms with Crippen molar-refractivity contribution in [1.82, 2.24) is 24.4 Å². The molecule has 0 bridgehead atoms. The Bertz CT molecular complexity index is 1240. The first kappa shape index (κ1) is 19.4. The standard InChI is InChI=1S/C22H20FN5O2/c1-26(2)21(29)13-24-22(30)19-10-11-28(25-19)20-9-8-18-7-6-16(14-27(18)20)15-4-3-5-17(23)12-15/h3-12,14H,13H2,1-2H3,(H,24,30). The van der Waals surface area contributed by atoms with Crippen LogP contribution in [0.5, 0.6) is 0 Å². The highest BCUT2D eigenvalue weighted by Gasteiger charge is 2.14. The summed E-state index contributed by atoms with van der Waals surface area (Å²) in [5, 5.41) is 6.90. The lowest BCUT2D eigenvalue weighted by Crippen LogP contribution is -2.36. The molecule has 0 aliphatic heterocycles. The summed E-state index contributed by atoms with van der Waals surface area (Å²) >= 11 is 0. The molecule has 8 heteroatoms. The van der Waals surface area contributed by atoms with Crippen LogP contribution in [-0.2, 0) is 4.79 Å². The van der Waals surface area contributed by atoms with Crippen molar-refractivity contribution in [2.45, 2.75) is 0 Å². The third-order valence-electron chi connectivity index (χ3n) is 4.74. The molecule has 0 atom stereocenters. The molecule has 0 saturated heterocycles. The lowest BCUT2D eigenvalue weighted by atomic mass is 10.1. The largest absolute Gasteiger partial charge is 0.347 e. The maximum atomic E-state index is 13.6. The number of pyridine rings is 1. The Morgan fingerprint density at radius 2 is 1.87 bits per heavy atom. The van der Waals surface area contributed by atoms with Crippen LogP contribution in [-0.4, -0.2) is 51.5 Å². The number of nitrogens with one attached hydrogen (secondary N) is 1. The number of likely N-dealkylation sites (N-methyl/N-ethyl adjacent to an activating group) is 1. The molecule has 0 saturated carbocycles. The first-order valence-corrected chi connectivity index (χ1v) is 9.34. The molecule has 0 radical (unpaired) electrons. The molecule has 4 rings (SSSR count). The summed E-state index contributed by atoms with van der Waals surface area (Å²) in [6, 6.07) is 15.7. The van der Waals surface area contributed by atoms with E-state index in [4.69, 9.17) is 0 Å². The fraction of sp³-hybridized carbons (Fsp3) is 0.136. The smallest absolute Gasteiger partial charge is 0.272 e. The van der Waals surface area contributed by atoms with Gasteiger partial charge in [-0.05, 0) is 47.5 Å². The second-order valence-electron chi connectivity index (χ2n) is 7.03. The predicted octanol–water partition coefficient (Wildman–Crippen LogP) is 2.75. The zero-order chi connectivity index (χ0) is 21.3. The first-order chi connectivity index (χ1) is 14.4. The Morgan fingerprint density at radius 3 is 2.63 bits per heavy atom. The van der Waals surface area contributed by atoms with E-state index in [0.29, 0.717) is 0 Å². The number of hydrogen-bond donors (Lipinski definition) is 1. The highest BCUT2D eigenvalue weighted by atomic mass is 19.1. The van der Waals surface area contributed by atoms with Gasteiger partial charge in [0, 0.05) is 32.0 Å². The molecule has 152 valence electrons. The number of amides is 2. The van der Waals surface area contributed by atoms with E-state index in [1.165, 1.54) is 17.0 Å². The van der Waals surface area contributed by atoms with E-state index in [1.807, 2.05) is 40.9 Å². The summed E-state index contributed by atoms with van der Waals surface area (Å²) < 4.78 is 17.1. The normalized spacial score (nSPS) is 10.9. The number of nitrogens with zero attached hydrogens (tertiary/aromatic N) is 4. The van der Waals surface area contributed by atoms with Crippen molar-refractivity contribution in [3.8, 4) is 16.9 Å². The third kappa shape index (κ3) is 3.80. The molecule has 0 fully saturated rings. The van der Waals surface area contributed by atoms with Gasteiger partial charge in [-0.3, -0.25) is 9.59 Å². The van der Waals surface area contributed by atoms with Gasteiger partial charge in [-0.2, -0.15) is 5.10 Å². The average Bonchev–Trinajstić information content (AvgIpc) is 3.38. The van der Waals surface area contributed by atoms with E-state index in [0.717, 1.165) is 22.5 Å². The van der Waals surface area contributed by atoms with Crippen molar-refractivity contribution in [2.24, 2.45) is 0 Å². The second kappa shape index (κ2) is 7.82. The van der Waals surface area contributed by atoms with Crippen LogP contribution in [0.25, 0.3) is 22.5 Å². The minimum atomic E-state index is -0.426. The van der Waals surface area contributed by atoms with E-state index >= 15 is 0 Å². The third-order valence-corrected chi connectivity index (χ3v) is 4.74. The van der Waals surface area contributed by atoms with Gasteiger partial charge < -0.3 is 14.6 Å². The Morgan fingerprint density at radius 1 is 1.07 bits per heavy atom. The van der Waals surface area contributed by atoms with Crippen LogP contribution >= 0.6 is 0 Å². The van der Waals surface area contributed by atoms with Crippen molar-refractivity contribution >= 4 is 17.3 Å². The molecule has 0 aliphatic carbocycles. The quantitative estimate of drug-likeness (QED) is 0.555. The lowest BCUT2D eigenvalue weighted by molar-refractivity contribution is -0.127. The first-order valence-electron chi connectivity index (χ1n) is 9.34. The summed E-state index contributed by atoms with van der Waals surface area (Å²) in [4.78, 5) is 25.3. The molecule has 1 N–H and O–H groups in total. The number of aromatic nitrogens is 3. The topological polar surface area (TPSA) is 71.6 Å². The minimum absolute atomic E-state index is 0.0935. The number of benzene rings is 1. The summed E-state index contributed by atoms with van der Waals surface area (Å²) in [7, 11) is 3.25. The predicted molar refractivity (Wildman–Crippen MR) is 111 cm³/mol. The summed E-state index contributed by atoms with van der Waals surface area (Å²) in [6.07, 6.45) is 3.58. The Kier molecular flexibility index (Phi) is 5.05. The summed E-state index contributed by atoms with van der Waals surface area (Å²) in [5.41, 5.74) is 2.76. The molecule has 0 aliphatic rings. The number of halogens is 1. The number of carbonyl (C=O) groups excluding carboxylic acids is 2. The number of fused-ring (bicyclic) bond motifs is 1. The molecule has 30 heavy (non-hydrogen) atoms. The Hall–Kier alpha value is -3.94. The van der Waals surface area contributed by atoms with Crippen LogP contribution in [0.15, 0.2) is 67.0 Å². The highest BCUT2D eigenvalue weighted by molar-refractivity contribution is 5.94. The van der Waals surface area contributed by atoms with Crippen molar-refractivity contribution in [1.29, 1.82) is 0 Å². The number of hydrogen-bond acceptors (Lipinski definition) is 3. The zero-order valence-electron chi connectivity index (χ0n) is 16.5. The fourth-order valence-corrected chi connectivity index (χ4v) is 3.09. The fourth-order valence-electron chi connectivity index (χ4n) is 3.09. The van der Waals surface area contributed by atoms with Crippen molar-refractivity contribution < 1.29 is 14.0 Å². The van der Waals surface area contributed by atoms with Crippen LogP contribution in [0.4, 0.5) is 4.39 Å². The molecule has 3 aromatic heterocycles. The van der Waals surface area contributed by atoms with Gasteiger partial charge >= 0.3 is 0 Å². The molecule has 0 unspecified atom stereocenters. The highest BCUT2D eigenvalue weighted by Crippen LogP contribution is 2.23. The molecule has 4 aromatic rings. The number of rotatable bonds is 5. The maximum Gasteiger partial charge on any atom is 0.272 e. The van der Waals surface area contributed by atoms with Gasteiger partial charge in [-0.1, -0.05) is 18.2 Å². The van der Waals surface area contributed by atoms with Crippen molar-refractivity contribution in [3.05, 3.63) is 78.5 Å². The Balaban J connectivity index is 1.62. The van der Waals surface area contributed by atoms with Gasteiger partial charge in [0.25, 0.3) is 5.91 Å².